The Balaban J connectivity index is 2.83. The highest BCUT2D eigenvalue weighted by Crippen LogP contribution is 2.08. The Labute approximate surface area is 116 Å². The smallest absolute Gasteiger partial charge is 0.408 e. The molecule has 0 saturated carbocycles. The van der Waals surface area contributed by atoms with E-state index in [2.05, 4.69) is 5.32 Å². The van der Waals surface area contributed by atoms with E-state index in [4.69, 9.17) is 9.84 Å². The van der Waals surface area contributed by atoms with Crippen LogP contribution >= 0.6 is 0 Å². The lowest BCUT2D eigenvalue weighted by atomic mass is 10.0. The van der Waals surface area contributed by atoms with Crippen LogP contribution in [0.2, 0.25) is 0 Å². The number of carboxylic acids is 1. The Kier molecular flexibility index (Phi) is 4.85. The molecule has 2 N–H and O–H groups in total. The van der Waals surface area contributed by atoms with Crippen LogP contribution in [0.1, 0.15) is 31.1 Å². The summed E-state index contributed by atoms with van der Waals surface area (Å²) < 4.78 is 4.94. The number of aliphatic carboxylic acids is 1. The van der Waals surface area contributed by atoms with Crippen LogP contribution in [0.5, 0.6) is 0 Å². The fourth-order valence-corrected chi connectivity index (χ4v) is 1.43. The van der Waals surface area contributed by atoms with Gasteiger partial charge in [0.15, 0.2) is 11.8 Å². The van der Waals surface area contributed by atoms with Crippen LogP contribution in [0, 0.1) is 0 Å². The molecule has 0 unspecified atom stereocenters. The van der Waals surface area contributed by atoms with Crippen LogP contribution in [0.15, 0.2) is 30.3 Å². The molecule has 0 saturated heterocycles. The van der Waals surface area contributed by atoms with Gasteiger partial charge in [0.25, 0.3) is 0 Å². The lowest BCUT2D eigenvalue weighted by molar-refractivity contribution is -0.138. The van der Waals surface area contributed by atoms with Gasteiger partial charge >= 0.3 is 12.1 Å². The average Bonchev–Trinajstić information content (AvgIpc) is 2.34. The number of benzene rings is 1. The van der Waals surface area contributed by atoms with Gasteiger partial charge in [0.1, 0.15) is 5.60 Å². The molecule has 0 fully saturated rings. The van der Waals surface area contributed by atoms with E-state index in [0.717, 1.165) is 0 Å². The lowest BCUT2D eigenvalue weighted by Gasteiger charge is -2.21. The number of carbonyl (C=O) groups is 3. The summed E-state index contributed by atoms with van der Waals surface area (Å²) in [6.45, 7) is 4.92. The quantitative estimate of drug-likeness (QED) is 0.648. The van der Waals surface area contributed by atoms with Crippen molar-refractivity contribution in [1.82, 2.24) is 5.32 Å². The van der Waals surface area contributed by atoms with Crippen molar-refractivity contribution in [3.63, 3.8) is 0 Å². The standard InChI is InChI=1S/C14H17NO5/c1-14(2,3)20-13(19)15-10(12(17)18)11(16)9-7-5-4-6-8-9/h4-8,10H,1-3H3,(H,15,19)(H,17,18)/t10-/m0/s1. The molecule has 0 aliphatic heterocycles. The van der Waals surface area contributed by atoms with E-state index < -0.39 is 29.5 Å². The topological polar surface area (TPSA) is 92.7 Å². The van der Waals surface area contributed by atoms with Gasteiger partial charge in [0.05, 0.1) is 0 Å². The first-order chi connectivity index (χ1) is 9.20. The summed E-state index contributed by atoms with van der Waals surface area (Å²) in [5.41, 5.74) is -0.570. The number of hydrogen-bond acceptors (Lipinski definition) is 4. The molecule has 0 aliphatic carbocycles. The number of amides is 1. The maximum atomic E-state index is 12.0. The largest absolute Gasteiger partial charge is 0.479 e. The van der Waals surface area contributed by atoms with E-state index in [-0.39, 0.29) is 5.56 Å². The van der Waals surface area contributed by atoms with Crippen molar-refractivity contribution in [2.24, 2.45) is 0 Å². The fraction of sp³-hybridized carbons (Fsp3) is 0.357. The van der Waals surface area contributed by atoms with Gasteiger partial charge < -0.3 is 15.2 Å². The predicted molar refractivity (Wildman–Crippen MR) is 71.6 cm³/mol. The number of hydrogen-bond donors (Lipinski definition) is 2. The normalized spacial score (nSPS) is 12.3. The highest BCUT2D eigenvalue weighted by Gasteiger charge is 2.30. The molecule has 0 aromatic heterocycles. The molecule has 6 heteroatoms. The SMILES string of the molecule is CC(C)(C)OC(=O)N[C@H](C(=O)O)C(=O)c1ccccc1. The van der Waals surface area contributed by atoms with Crippen molar-refractivity contribution >= 4 is 17.8 Å². The molecule has 1 amide bonds. The molecule has 1 rings (SSSR count). The van der Waals surface area contributed by atoms with Gasteiger partial charge in [-0.1, -0.05) is 30.3 Å². The average molecular weight is 279 g/mol. The van der Waals surface area contributed by atoms with Crippen LogP contribution in [0.4, 0.5) is 4.79 Å². The molecule has 1 aromatic rings. The minimum atomic E-state index is -1.67. The molecule has 1 atom stereocenters. The summed E-state index contributed by atoms with van der Waals surface area (Å²) in [5.74, 6) is -2.14. The zero-order valence-electron chi connectivity index (χ0n) is 11.5. The van der Waals surface area contributed by atoms with E-state index >= 15 is 0 Å². The number of nitrogens with one attached hydrogen (secondary N) is 1. The van der Waals surface area contributed by atoms with Gasteiger partial charge in [-0.15, -0.1) is 0 Å². The van der Waals surface area contributed by atoms with Crippen molar-refractivity contribution in [2.75, 3.05) is 0 Å². The van der Waals surface area contributed by atoms with Crippen LogP contribution in [-0.2, 0) is 9.53 Å². The third-order valence-corrected chi connectivity index (χ3v) is 2.23. The number of alkyl carbamates (subject to hydrolysis) is 1. The van der Waals surface area contributed by atoms with Crippen molar-refractivity contribution in [3.05, 3.63) is 35.9 Å². The maximum absolute atomic E-state index is 12.0. The molecular formula is C14H17NO5. The van der Waals surface area contributed by atoms with Gasteiger partial charge in [-0.05, 0) is 20.8 Å². The molecular weight excluding hydrogens is 262 g/mol. The maximum Gasteiger partial charge on any atom is 0.408 e. The first kappa shape index (κ1) is 15.7. The number of Topliss-reactive ketones (excluding diaryl/α,β-unsaturated/α-hetero) is 1. The minimum Gasteiger partial charge on any atom is -0.479 e. The predicted octanol–water partition coefficient (Wildman–Crippen LogP) is 1.85. The zero-order valence-corrected chi connectivity index (χ0v) is 11.5. The first-order valence-electron chi connectivity index (χ1n) is 6.02. The summed E-state index contributed by atoms with van der Waals surface area (Å²) >= 11 is 0. The third kappa shape index (κ3) is 4.72. The number of ketones is 1. The molecule has 108 valence electrons. The van der Waals surface area contributed by atoms with Gasteiger partial charge in [-0.25, -0.2) is 9.59 Å². The van der Waals surface area contributed by atoms with E-state index in [9.17, 15) is 14.4 Å². The third-order valence-electron chi connectivity index (χ3n) is 2.23. The molecule has 6 nitrogen and oxygen atoms in total. The van der Waals surface area contributed by atoms with E-state index in [1.807, 2.05) is 0 Å². The number of ether oxygens (including phenoxy) is 1. The number of rotatable bonds is 4. The van der Waals surface area contributed by atoms with E-state index in [1.54, 1.807) is 39.0 Å². The summed E-state index contributed by atoms with van der Waals surface area (Å²) in [6, 6.07) is 6.21. The lowest BCUT2D eigenvalue weighted by Crippen LogP contribution is -2.48. The van der Waals surface area contributed by atoms with Crippen molar-refractivity contribution in [3.8, 4) is 0 Å². The highest BCUT2D eigenvalue weighted by molar-refractivity contribution is 6.12. The Morgan fingerprint density at radius 1 is 1.15 bits per heavy atom. The van der Waals surface area contributed by atoms with Crippen LogP contribution in [0.3, 0.4) is 0 Å². The summed E-state index contributed by atoms with van der Waals surface area (Å²) in [5, 5.41) is 11.1. The van der Waals surface area contributed by atoms with E-state index in [1.165, 1.54) is 12.1 Å². The van der Waals surface area contributed by atoms with Crippen molar-refractivity contribution < 1.29 is 24.2 Å². The summed E-state index contributed by atoms with van der Waals surface area (Å²) in [7, 11) is 0. The molecule has 0 spiro atoms. The van der Waals surface area contributed by atoms with Crippen LogP contribution in [-0.4, -0.2) is 34.6 Å². The number of carbonyl (C=O) groups excluding carboxylic acids is 2. The molecule has 1 aromatic carbocycles. The highest BCUT2D eigenvalue weighted by atomic mass is 16.6. The minimum absolute atomic E-state index is 0.205. The van der Waals surface area contributed by atoms with Gasteiger partial charge in [0.2, 0.25) is 0 Å². The van der Waals surface area contributed by atoms with E-state index in [0.29, 0.717) is 0 Å². The Morgan fingerprint density at radius 3 is 2.15 bits per heavy atom. The summed E-state index contributed by atoms with van der Waals surface area (Å²) in [4.78, 5) is 34.7. The molecule has 0 aliphatic rings. The van der Waals surface area contributed by atoms with Gasteiger partial charge in [-0.3, -0.25) is 4.79 Å². The molecule has 20 heavy (non-hydrogen) atoms. The second-order valence-electron chi connectivity index (χ2n) is 5.15. The van der Waals surface area contributed by atoms with Gasteiger partial charge in [-0.2, -0.15) is 0 Å². The van der Waals surface area contributed by atoms with Crippen molar-refractivity contribution in [1.29, 1.82) is 0 Å². The first-order valence-corrected chi connectivity index (χ1v) is 6.02. The Bertz CT molecular complexity index is 504. The monoisotopic (exact) mass is 279 g/mol. The Morgan fingerprint density at radius 2 is 1.70 bits per heavy atom. The zero-order chi connectivity index (χ0) is 15.3. The fourth-order valence-electron chi connectivity index (χ4n) is 1.43. The second-order valence-corrected chi connectivity index (χ2v) is 5.15. The Hall–Kier alpha value is -2.37. The van der Waals surface area contributed by atoms with Crippen LogP contribution in [0.25, 0.3) is 0 Å². The van der Waals surface area contributed by atoms with Crippen LogP contribution < -0.4 is 5.32 Å². The second kappa shape index (κ2) is 6.18. The number of carboxylic acid groups (broad SMARTS) is 1. The summed E-state index contributed by atoms with van der Waals surface area (Å²) in [6.07, 6.45) is -0.950. The molecule has 0 heterocycles. The molecule has 0 bridgehead atoms. The van der Waals surface area contributed by atoms with Crippen molar-refractivity contribution in [2.45, 2.75) is 32.4 Å². The molecule has 0 radical (unpaired) electrons. The van der Waals surface area contributed by atoms with Gasteiger partial charge in [0, 0.05) is 5.56 Å².